The van der Waals surface area contributed by atoms with Gasteiger partial charge in [-0.2, -0.15) is 0 Å². The molecule has 1 rings (SSSR count). The molecule has 0 spiro atoms. The zero-order valence-corrected chi connectivity index (χ0v) is 9.82. The number of rotatable bonds is 4. The Bertz CT molecular complexity index is 374. The van der Waals surface area contributed by atoms with E-state index < -0.39 is 0 Å². The van der Waals surface area contributed by atoms with Crippen molar-refractivity contribution in [2.24, 2.45) is 0 Å². The lowest BCUT2D eigenvalue weighted by Gasteiger charge is -2.13. The zero-order valence-electron chi connectivity index (χ0n) is 9.82. The molecule has 0 aliphatic carbocycles. The van der Waals surface area contributed by atoms with E-state index >= 15 is 0 Å². The molecular formula is C13H18NO2. The standard InChI is InChI=1S/C13H18NO2/c1-4-5-10(3)16-13(15)12-7-6-11(14)8-9(12)2/h6-8,10H,3-5,14H2,1-2H3. The third-order valence-electron chi connectivity index (χ3n) is 2.35. The van der Waals surface area contributed by atoms with Crippen LogP contribution in [0.1, 0.15) is 35.7 Å². The van der Waals surface area contributed by atoms with Gasteiger partial charge in [0, 0.05) is 5.69 Å². The number of ether oxygens (including phenoxy) is 1. The number of carbonyl (C=O) groups is 1. The van der Waals surface area contributed by atoms with Crippen LogP contribution in [0.25, 0.3) is 0 Å². The fourth-order valence-corrected chi connectivity index (χ4v) is 1.51. The van der Waals surface area contributed by atoms with Crippen LogP contribution in [0.4, 0.5) is 5.69 Å². The van der Waals surface area contributed by atoms with Crippen molar-refractivity contribution in [1.29, 1.82) is 0 Å². The van der Waals surface area contributed by atoms with Gasteiger partial charge in [0.25, 0.3) is 0 Å². The van der Waals surface area contributed by atoms with Crippen LogP contribution in [0.15, 0.2) is 18.2 Å². The largest absolute Gasteiger partial charge is 0.459 e. The highest BCUT2D eigenvalue weighted by Crippen LogP contribution is 2.15. The third kappa shape index (κ3) is 3.26. The second kappa shape index (κ2) is 5.54. The van der Waals surface area contributed by atoms with Gasteiger partial charge in [-0.3, -0.25) is 0 Å². The minimum absolute atomic E-state index is 0.283. The van der Waals surface area contributed by atoms with Crippen LogP contribution in [-0.2, 0) is 4.74 Å². The molecule has 0 aromatic heterocycles. The smallest absolute Gasteiger partial charge is 0.338 e. The van der Waals surface area contributed by atoms with Crippen LogP contribution in [0.3, 0.4) is 0 Å². The molecule has 2 N–H and O–H groups in total. The van der Waals surface area contributed by atoms with Gasteiger partial charge in [-0.1, -0.05) is 13.3 Å². The molecule has 0 fully saturated rings. The summed E-state index contributed by atoms with van der Waals surface area (Å²) in [6.07, 6.45) is 1.44. The maximum Gasteiger partial charge on any atom is 0.338 e. The summed E-state index contributed by atoms with van der Waals surface area (Å²) in [7, 11) is 0. The molecule has 0 saturated heterocycles. The topological polar surface area (TPSA) is 52.3 Å². The van der Waals surface area contributed by atoms with Gasteiger partial charge in [-0.25, -0.2) is 4.79 Å². The Hall–Kier alpha value is -1.51. The first-order valence-electron chi connectivity index (χ1n) is 5.44. The minimum Gasteiger partial charge on any atom is -0.459 e. The number of hydrogen-bond donors (Lipinski definition) is 1. The Morgan fingerprint density at radius 2 is 2.25 bits per heavy atom. The first-order valence-corrected chi connectivity index (χ1v) is 5.44. The summed E-state index contributed by atoms with van der Waals surface area (Å²) in [6.45, 7) is 7.64. The maximum absolute atomic E-state index is 11.8. The molecule has 0 amide bonds. The summed E-state index contributed by atoms with van der Waals surface area (Å²) in [5.41, 5.74) is 7.64. The van der Waals surface area contributed by atoms with Gasteiger partial charge < -0.3 is 10.5 Å². The van der Waals surface area contributed by atoms with Crippen molar-refractivity contribution in [1.82, 2.24) is 0 Å². The second-order valence-corrected chi connectivity index (χ2v) is 3.89. The average Bonchev–Trinajstić information content (AvgIpc) is 2.17. The summed E-state index contributed by atoms with van der Waals surface area (Å²) < 4.78 is 5.21. The molecule has 0 aliphatic rings. The van der Waals surface area contributed by atoms with Crippen LogP contribution in [0.5, 0.6) is 0 Å². The molecule has 0 aliphatic heterocycles. The summed E-state index contributed by atoms with van der Waals surface area (Å²) in [4.78, 5) is 11.8. The number of carbonyl (C=O) groups excluding carboxylic acids is 1. The molecule has 0 heterocycles. The van der Waals surface area contributed by atoms with E-state index in [2.05, 4.69) is 6.92 Å². The molecule has 1 atom stereocenters. The van der Waals surface area contributed by atoms with E-state index in [1.807, 2.05) is 13.8 Å². The number of aryl methyl sites for hydroxylation is 1. The lowest BCUT2D eigenvalue weighted by molar-refractivity contribution is 0.0373. The lowest BCUT2D eigenvalue weighted by atomic mass is 10.1. The fourth-order valence-electron chi connectivity index (χ4n) is 1.51. The zero-order chi connectivity index (χ0) is 12.1. The molecule has 0 bridgehead atoms. The molecule has 1 unspecified atom stereocenters. The summed E-state index contributed by atoms with van der Waals surface area (Å²) >= 11 is 0. The molecule has 3 nitrogen and oxygen atoms in total. The van der Waals surface area contributed by atoms with Crippen LogP contribution in [0, 0.1) is 13.8 Å². The second-order valence-electron chi connectivity index (χ2n) is 3.89. The monoisotopic (exact) mass is 220 g/mol. The predicted octanol–water partition coefficient (Wildman–Crippen LogP) is 2.74. The van der Waals surface area contributed by atoms with Gasteiger partial charge in [-0.05, 0) is 44.0 Å². The Balaban J connectivity index is 2.73. The maximum atomic E-state index is 11.8. The molecule has 87 valence electrons. The minimum atomic E-state index is -0.328. The molecule has 1 aromatic rings. The fraction of sp³-hybridized carbons (Fsp3) is 0.385. The van der Waals surface area contributed by atoms with E-state index in [1.54, 1.807) is 18.2 Å². The van der Waals surface area contributed by atoms with E-state index in [4.69, 9.17) is 10.5 Å². The van der Waals surface area contributed by atoms with Gasteiger partial charge in [-0.15, -0.1) is 0 Å². The van der Waals surface area contributed by atoms with Gasteiger partial charge in [0.15, 0.2) is 0 Å². The first kappa shape index (κ1) is 12.6. The van der Waals surface area contributed by atoms with Crippen LogP contribution in [0.2, 0.25) is 0 Å². The van der Waals surface area contributed by atoms with E-state index in [0.717, 1.165) is 18.4 Å². The van der Waals surface area contributed by atoms with E-state index in [9.17, 15) is 4.79 Å². The normalized spacial score (nSPS) is 12.2. The number of hydrogen-bond acceptors (Lipinski definition) is 3. The van der Waals surface area contributed by atoms with Gasteiger partial charge in [0.2, 0.25) is 0 Å². The van der Waals surface area contributed by atoms with E-state index in [-0.39, 0.29) is 12.1 Å². The molecule has 3 heteroatoms. The van der Waals surface area contributed by atoms with Crippen molar-refractivity contribution in [3.63, 3.8) is 0 Å². The van der Waals surface area contributed by atoms with Crippen molar-refractivity contribution < 1.29 is 9.53 Å². The predicted molar refractivity (Wildman–Crippen MR) is 65.1 cm³/mol. The SMILES string of the molecule is [CH2]C(CCC)OC(=O)c1ccc(N)cc1C. The number of benzene rings is 1. The van der Waals surface area contributed by atoms with Crippen molar-refractivity contribution in [3.05, 3.63) is 36.2 Å². The Labute approximate surface area is 96.6 Å². The molecule has 16 heavy (non-hydrogen) atoms. The van der Waals surface area contributed by atoms with Crippen molar-refractivity contribution in [2.75, 3.05) is 5.73 Å². The Kier molecular flexibility index (Phi) is 4.35. The average molecular weight is 220 g/mol. The Morgan fingerprint density at radius 1 is 1.56 bits per heavy atom. The molecular weight excluding hydrogens is 202 g/mol. The summed E-state index contributed by atoms with van der Waals surface area (Å²) in [5.74, 6) is -0.328. The quantitative estimate of drug-likeness (QED) is 0.627. The summed E-state index contributed by atoms with van der Waals surface area (Å²) in [5, 5.41) is 0. The number of anilines is 1. The van der Waals surface area contributed by atoms with E-state index in [1.165, 1.54) is 0 Å². The van der Waals surface area contributed by atoms with Crippen molar-refractivity contribution >= 4 is 11.7 Å². The third-order valence-corrected chi connectivity index (χ3v) is 2.35. The Morgan fingerprint density at radius 3 is 2.81 bits per heavy atom. The molecule has 1 radical (unpaired) electrons. The van der Waals surface area contributed by atoms with Gasteiger partial charge >= 0.3 is 5.97 Å². The number of esters is 1. The number of nitrogens with two attached hydrogens (primary N) is 1. The summed E-state index contributed by atoms with van der Waals surface area (Å²) in [6, 6.07) is 5.14. The van der Waals surface area contributed by atoms with Crippen molar-refractivity contribution in [3.8, 4) is 0 Å². The van der Waals surface area contributed by atoms with Gasteiger partial charge in [0.05, 0.1) is 5.56 Å². The van der Waals surface area contributed by atoms with Crippen LogP contribution < -0.4 is 5.73 Å². The van der Waals surface area contributed by atoms with Crippen LogP contribution >= 0.6 is 0 Å². The lowest BCUT2D eigenvalue weighted by Crippen LogP contribution is -2.16. The molecule has 0 saturated carbocycles. The highest BCUT2D eigenvalue weighted by atomic mass is 16.5. The number of nitrogen functional groups attached to an aromatic ring is 1. The molecule has 1 aromatic carbocycles. The highest BCUT2D eigenvalue weighted by Gasteiger charge is 2.13. The van der Waals surface area contributed by atoms with Crippen molar-refractivity contribution in [2.45, 2.75) is 32.8 Å². The highest BCUT2D eigenvalue weighted by molar-refractivity contribution is 5.91. The van der Waals surface area contributed by atoms with Crippen LogP contribution in [-0.4, -0.2) is 12.1 Å². The first-order chi connectivity index (χ1) is 7.54. The van der Waals surface area contributed by atoms with E-state index in [0.29, 0.717) is 11.3 Å². The van der Waals surface area contributed by atoms with Gasteiger partial charge in [0.1, 0.15) is 6.10 Å².